The fraction of sp³-hybridized carbons (Fsp3) is 0.263. The van der Waals surface area contributed by atoms with Gasteiger partial charge in [-0.1, -0.05) is 12.1 Å². The van der Waals surface area contributed by atoms with E-state index in [0.29, 0.717) is 17.7 Å². The Morgan fingerprint density at radius 1 is 1.22 bits per heavy atom. The summed E-state index contributed by atoms with van der Waals surface area (Å²) in [6.07, 6.45) is 0. The Balaban J connectivity index is 1.97. The number of rotatable bonds is 7. The number of halogens is 1. The third-order valence-electron chi connectivity index (χ3n) is 3.95. The minimum atomic E-state index is -0.747. The van der Waals surface area contributed by atoms with Gasteiger partial charge in [0.1, 0.15) is 5.82 Å². The van der Waals surface area contributed by atoms with E-state index in [-0.39, 0.29) is 17.8 Å². The van der Waals surface area contributed by atoms with E-state index >= 15 is 0 Å². The molecule has 1 amide bonds. The lowest BCUT2D eigenvalue weighted by Gasteiger charge is -2.21. The molecule has 0 fully saturated rings. The summed E-state index contributed by atoms with van der Waals surface area (Å²) in [5.74, 6) is -1.56. The van der Waals surface area contributed by atoms with Crippen LogP contribution in [-0.2, 0) is 16.1 Å². The summed E-state index contributed by atoms with van der Waals surface area (Å²) in [6, 6.07) is 9.75. The monoisotopic (exact) mass is 374 g/mol. The topological polar surface area (TPSA) is 89.8 Å². The second-order valence-corrected chi connectivity index (χ2v) is 5.87. The molecule has 7 nitrogen and oxygen atoms in total. The summed E-state index contributed by atoms with van der Waals surface area (Å²) >= 11 is 0. The van der Waals surface area contributed by atoms with Crippen LogP contribution < -0.4 is 0 Å². The minimum Gasteiger partial charge on any atom is -0.452 e. The molecule has 0 aliphatic heterocycles. The fourth-order valence-corrected chi connectivity index (χ4v) is 2.52. The molecular weight excluding hydrogens is 355 g/mol. The van der Waals surface area contributed by atoms with Crippen LogP contribution in [0.5, 0.6) is 0 Å². The molecule has 27 heavy (non-hydrogen) atoms. The summed E-state index contributed by atoms with van der Waals surface area (Å²) in [7, 11) is 0. The second-order valence-electron chi connectivity index (χ2n) is 5.87. The molecule has 0 aromatic heterocycles. The maximum absolute atomic E-state index is 13.3. The molecule has 0 aliphatic carbocycles. The molecule has 2 rings (SSSR count). The Hall–Kier alpha value is -3.29. The first-order chi connectivity index (χ1) is 12.8. The highest BCUT2D eigenvalue weighted by Crippen LogP contribution is 2.19. The number of hydrogen-bond donors (Lipinski definition) is 0. The predicted molar refractivity (Wildman–Crippen MR) is 95.6 cm³/mol. The molecule has 2 aromatic carbocycles. The van der Waals surface area contributed by atoms with Gasteiger partial charge in [-0.2, -0.15) is 0 Å². The Morgan fingerprint density at radius 3 is 2.56 bits per heavy atom. The average Bonchev–Trinajstić information content (AvgIpc) is 2.63. The van der Waals surface area contributed by atoms with Crippen molar-refractivity contribution in [1.29, 1.82) is 0 Å². The number of ether oxygens (including phenoxy) is 1. The number of benzene rings is 2. The number of aryl methyl sites for hydroxylation is 1. The van der Waals surface area contributed by atoms with E-state index in [0.717, 1.165) is 0 Å². The first-order valence-corrected chi connectivity index (χ1v) is 8.26. The van der Waals surface area contributed by atoms with Crippen molar-refractivity contribution in [2.45, 2.75) is 20.4 Å². The van der Waals surface area contributed by atoms with Crippen LogP contribution in [0.1, 0.15) is 28.4 Å². The predicted octanol–water partition coefficient (Wildman–Crippen LogP) is 3.25. The molecule has 0 unspecified atom stereocenters. The third kappa shape index (κ3) is 5.34. The van der Waals surface area contributed by atoms with Gasteiger partial charge in [0.25, 0.3) is 11.6 Å². The Kier molecular flexibility index (Phi) is 6.59. The van der Waals surface area contributed by atoms with Gasteiger partial charge < -0.3 is 9.64 Å². The second kappa shape index (κ2) is 8.88. The van der Waals surface area contributed by atoms with Crippen molar-refractivity contribution in [2.75, 3.05) is 13.2 Å². The molecule has 0 aliphatic rings. The Labute approximate surface area is 155 Å². The molecular formula is C19H19FN2O5. The van der Waals surface area contributed by atoms with E-state index in [1.807, 2.05) is 0 Å². The van der Waals surface area contributed by atoms with Crippen molar-refractivity contribution in [1.82, 2.24) is 4.90 Å². The van der Waals surface area contributed by atoms with Crippen LogP contribution in [0.4, 0.5) is 10.1 Å². The highest BCUT2D eigenvalue weighted by molar-refractivity contribution is 5.91. The maximum atomic E-state index is 13.3. The zero-order valence-electron chi connectivity index (χ0n) is 15.0. The zero-order chi connectivity index (χ0) is 20.0. The maximum Gasteiger partial charge on any atom is 0.338 e. The van der Waals surface area contributed by atoms with Crippen LogP contribution in [-0.4, -0.2) is 34.9 Å². The van der Waals surface area contributed by atoms with Crippen molar-refractivity contribution in [3.05, 3.63) is 75.1 Å². The first kappa shape index (κ1) is 20.0. The minimum absolute atomic E-state index is 0.102. The van der Waals surface area contributed by atoms with Crippen molar-refractivity contribution < 1.29 is 23.6 Å². The number of carbonyl (C=O) groups excluding carboxylic acids is 2. The number of hydrogen-bond acceptors (Lipinski definition) is 5. The van der Waals surface area contributed by atoms with Gasteiger partial charge in [-0.15, -0.1) is 0 Å². The smallest absolute Gasteiger partial charge is 0.338 e. The summed E-state index contributed by atoms with van der Waals surface area (Å²) in [5, 5.41) is 10.8. The Bertz CT molecular complexity index is 869. The van der Waals surface area contributed by atoms with Gasteiger partial charge in [0.05, 0.1) is 10.5 Å². The van der Waals surface area contributed by atoms with Gasteiger partial charge in [-0.05, 0) is 43.7 Å². The van der Waals surface area contributed by atoms with E-state index in [1.165, 1.54) is 42.2 Å². The normalized spacial score (nSPS) is 10.3. The third-order valence-corrected chi connectivity index (χ3v) is 3.95. The van der Waals surface area contributed by atoms with Crippen LogP contribution in [0.15, 0.2) is 42.5 Å². The number of nitro benzene ring substituents is 1. The van der Waals surface area contributed by atoms with E-state index in [4.69, 9.17) is 4.74 Å². The van der Waals surface area contributed by atoms with Crippen molar-refractivity contribution >= 4 is 17.6 Å². The largest absolute Gasteiger partial charge is 0.452 e. The number of carbonyl (C=O) groups is 2. The molecule has 0 saturated carbocycles. The van der Waals surface area contributed by atoms with E-state index in [1.54, 1.807) is 19.1 Å². The average molecular weight is 374 g/mol. The molecule has 0 spiro atoms. The van der Waals surface area contributed by atoms with Crippen molar-refractivity contribution in [3.63, 3.8) is 0 Å². The molecule has 0 heterocycles. The van der Waals surface area contributed by atoms with Crippen molar-refractivity contribution in [3.8, 4) is 0 Å². The number of likely N-dealkylation sites (N-methyl/N-ethyl adjacent to an activating group) is 1. The fourth-order valence-electron chi connectivity index (χ4n) is 2.52. The van der Waals surface area contributed by atoms with E-state index < -0.39 is 29.2 Å². The van der Waals surface area contributed by atoms with Gasteiger partial charge in [-0.25, -0.2) is 9.18 Å². The molecule has 0 bridgehead atoms. The molecule has 8 heteroatoms. The lowest BCUT2D eigenvalue weighted by Crippen LogP contribution is -2.34. The standard InChI is InChI=1S/C19H19FN2O5/c1-3-21(11-14-5-4-6-16(20)10-14)18(23)12-27-19(24)15-7-8-17(22(25)26)13(2)9-15/h4-10H,3,11-12H2,1-2H3. The summed E-state index contributed by atoms with van der Waals surface area (Å²) in [6.45, 7) is 3.36. The van der Waals surface area contributed by atoms with Crippen LogP contribution in [0.25, 0.3) is 0 Å². The van der Waals surface area contributed by atoms with E-state index in [9.17, 15) is 24.1 Å². The molecule has 0 radical (unpaired) electrons. The summed E-state index contributed by atoms with van der Waals surface area (Å²) in [4.78, 5) is 36.1. The van der Waals surface area contributed by atoms with Crippen LogP contribution >= 0.6 is 0 Å². The number of amides is 1. The van der Waals surface area contributed by atoms with Crippen LogP contribution in [0, 0.1) is 22.9 Å². The number of esters is 1. The van der Waals surface area contributed by atoms with Crippen molar-refractivity contribution in [2.24, 2.45) is 0 Å². The van der Waals surface area contributed by atoms with Gasteiger partial charge >= 0.3 is 5.97 Å². The quantitative estimate of drug-likeness (QED) is 0.422. The van der Waals surface area contributed by atoms with E-state index in [2.05, 4.69) is 0 Å². The zero-order valence-corrected chi connectivity index (χ0v) is 15.0. The highest BCUT2D eigenvalue weighted by Gasteiger charge is 2.18. The lowest BCUT2D eigenvalue weighted by atomic mass is 10.1. The SMILES string of the molecule is CCN(Cc1cccc(F)c1)C(=O)COC(=O)c1ccc([N+](=O)[O-])c(C)c1. The van der Waals surface area contributed by atoms with Gasteiger partial charge in [0.2, 0.25) is 0 Å². The van der Waals surface area contributed by atoms with Crippen LogP contribution in [0.3, 0.4) is 0 Å². The van der Waals surface area contributed by atoms with Crippen LogP contribution in [0.2, 0.25) is 0 Å². The Morgan fingerprint density at radius 2 is 1.96 bits per heavy atom. The van der Waals surface area contributed by atoms with Gasteiger partial charge in [0, 0.05) is 24.7 Å². The molecule has 0 saturated heterocycles. The number of nitrogens with zero attached hydrogens (tertiary/aromatic N) is 2. The highest BCUT2D eigenvalue weighted by atomic mass is 19.1. The molecule has 0 N–H and O–H groups in total. The number of nitro groups is 1. The first-order valence-electron chi connectivity index (χ1n) is 8.26. The molecule has 0 atom stereocenters. The molecule has 142 valence electrons. The van der Waals surface area contributed by atoms with Gasteiger partial charge in [0.15, 0.2) is 6.61 Å². The lowest BCUT2D eigenvalue weighted by molar-refractivity contribution is -0.385. The van der Waals surface area contributed by atoms with Gasteiger partial charge in [-0.3, -0.25) is 14.9 Å². The molecule has 2 aromatic rings. The summed E-state index contributed by atoms with van der Waals surface area (Å²) < 4.78 is 18.3. The summed E-state index contributed by atoms with van der Waals surface area (Å²) in [5.41, 5.74) is 0.971.